The predicted molar refractivity (Wildman–Crippen MR) is 83.3 cm³/mol. The third kappa shape index (κ3) is 4.17. The van der Waals surface area contributed by atoms with E-state index in [-0.39, 0.29) is 11.9 Å². The average molecular weight is 324 g/mol. The van der Waals surface area contributed by atoms with Crippen molar-refractivity contribution in [2.45, 2.75) is 33.2 Å². The molecule has 1 aromatic heterocycles. The van der Waals surface area contributed by atoms with Crippen LogP contribution in [0.4, 0.5) is 5.95 Å². The van der Waals surface area contributed by atoms with Crippen LogP contribution < -0.4 is 10.1 Å². The molecule has 0 spiro atoms. The number of aryl methyl sites for hydroxylation is 1. The molecule has 1 N–H and O–H groups in total. The molecular formula is C14H18ClN5O2. The molecule has 0 radical (unpaired) electrons. The zero-order chi connectivity index (χ0) is 15.9. The maximum Gasteiger partial charge on any atom is 0.270 e. The molecule has 2 rings (SSSR count). The van der Waals surface area contributed by atoms with E-state index in [1.165, 1.54) is 4.80 Å². The Kier molecular flexibility index (Phi) is 5.71. The molecule has 0 unspecified atom stereocenters. The zero-order valence-corrected chi connectivity index (χ0v) is 13.3. The van der Waals surface area contributed by atoms with Gasteiger partial charge in [-0.05, 0) is 36.8 Å². The average Bonchev–Trinajstić information content (AvgIpc) is 2.94. The minimum absolute atomic E-state index is 0.172. The second kappa shape index (κ2) is 7.74. The molecule has 2 aromatic rings. The van der Waals surface area contributed by atoms with Crippen LogP contribution in [0.15, 0.2) is 18.2 Å². The van der Waals surface area contributed by atoms with Gasteiger partial charge in [0.25, 0.3) is 11.9 Å². The van der Waals surface area contributed by atoms with Crippen LogP contribution in [0.1, 0.15) is 37.0 Å². The van der Waals surface area contributed by atoms with Gasteiger partial charge in [-0.15, -0.1) is 5.10 Å². The highest BCUT2D eigenvalue weighted by atomic mass is 35.5. The second-order valence-corrected chi connectivity index (χ2v) is 5.00. The Balaban J connectivity index is 2.02. The molecule has 7 nitrogen and oxygen atoms in total. The molecule has 0 fully saturated rings. The Morgan fingerprint density at radius 3 is 2.91 bits per heavy atom. The Morgan fingerprint density at radius 2 is 2.23 bits per heavy atom. The van der Waals surface area contributed by atoms with Crippen LogP contribution in [0.5, 0.6) is 5.75 Å². The van der Waals surface area contributed by atoms with Gasteiger partial charge in [-0.2, -0.15) is 4.80 Å². The molecule has 0 aliphatic rings. The number of nitrogens with zero attached hydrogens (tertiary/aromatic N) is 4. The number of hydrogen-bond acceptors (Lipinski definition) is 5. The number of carbonyl (C=O) groups is 1. The molecule has 0 bridgehead atoms. The Bertz CT molecular complexity index is 644. The highest BCUT2D eigenvalue weighted by Crippen LogP contribution is 2.25. The normalized spacial score (nSPS) is 10.5. The second-order valence-electron chi connectivity index (χ2n) is 4.59. The summed E-state index contributed by atoms with van der Waals surface area (Å²) in [5.74, 6) is 0.371. The first-order chi connectivity index (χ1) is 10.6. The van der Waals surface area contributed by atoms with Crippen molar-refractivity contribution in [3.63, 3.8) is 0 Å². The van der Waals surface area contributed by atoms with Crippen LogP contribution in [0.25, 0.3) is 0 Å². The number of aromatic nitrogens is 4. The molecule has 0 saturated carbocycles. The SMILES string of the molecule is CCCCn1nnc(NC(=O)c2ccc(OCC)c(Cl)c2)n1. The first-order valence-corrected chi connectivity index (χ1v) is 7.53. The van der Waals surface area contributed by atoms with E-state index in [2.05, 4.69) is 27.7 Å². The van der Waals surface area contributed by atoms with Gasteiger partial charge >= 0.3 is 0 Å². The summed E-state index contributed by atoms with van der Waals surface area (Å²) < 4.78 is 5.33. The number of unbranched alkanes of at least 4 members (excludes halogenated alkanes) is 1. The maximum atomic E-state index is 12.1. The summed E-state index contributed by atoms with van der Waals surface area (Å²) >= 11 is 6.06. The monoisotopic (exact) mass is 323 g/mol. The van der Waals surface area contributed by atoms with E-state index in [4.69, 9.17) is 16.3 Å². The van der Waals surface area contributed by atoms with E-state index < -0.39 is 0 Å². The summed E-state index contributed by atoms with van der Waals surface area (Å²) in [5.41, 5.74) is 0.401. The van der Waals surface area contributed by atoms with Crippen molar-refractivity contribution in [3.05, 3.63) is 28.8 Å². The first kappa shape index (κ1) is 16.2. The van der Waals surface area contributed by atoms with Gasteiger partial charge in [0, 0.05) is 5.56 Å². The molecule has 0 saturated heterocycles. The predicted octanol–water partition coefficient (Wildman–Crippen LogP) is 2.78. The van der Waals surface area contributed by atoms with Gasteiger partial charge in [0.05, 0.1) is 18.2 Å². The number of carbonyl (C=O) groups excluding carboxylic acids is 1. The van der Waals surface area contributed by atoms with Gasteiger partial charge in [0.2, 0.25) is 0 Å². The zero-order valence-electron chi connectivity index (χ0n) is 12.5. The van der Waals surface area contributed by atoms with Crippen molar-refractivity contribution < 1.29 is 9.53 Å². The standard InChI is InChI=1S/C14H18ClN5O2/c1-3-5-8-20-18-14(17-19-20)16-13(21)10-6-7-12(22-4-2)11(15)9-10/h6-7,9H,3-5,8H2,1-2H3,(H,16,18,21). The highest BCUT2D eigenvalue weighted by Gasteiger charge is 2.12. The van der Waals surface area contributed by atoms with Crippen LogP contribution in [-0.4, -0.2) is 32.7 Å². The topological polar surface area (TPSA) is 81.9 Å². The third-order valence-corrected chi connectivity index (χ3v) is 3.18. The number of ether oxygens (including phenoxy) is 1. The van der Waals surface area contributed by atoms with E-state index in [9.17, 15) is 4.79 Å². The summed E-state index contributed by atoms with van der Waals surface area (Å²) in [4.78, 5) is 13.6. The van der Waals surface area contributed by atoms with Crippen molar-refractivity contribution >= 4 is 23.5 Å². The summed E-state index contributed by atoms with van der Waals surface area (Å²) in [6.45, 7) is 5.13. The van der Waals surface area contributed by atoms with Crippen molar-refractivity contribution in [2.24, 2.45) is 0 Å². The molecule has 1 amide bonds. The van der Waals surface area contributed by atoms with Gasteiger partial charge in [-0.25, -0.2) is 0 Å². The van der Waals surface area contributed by atoms with Crippen molar-refractivity contribution in [3.8, 4) is 5.75 Å². The number of hydrogen-bond donors (Lipinski definition) is 1. The molecule has 8 heteroatoms. The number of anilines is 1. The van der Waals surface area contributed by atoms with Gasteiger partial charge in [-0.3, -0.25) is 10.1 Å². The van der Waals surface area contributed by atoms with Gasteiger partial charge in [0.15, 0.2) is 0 Å². The van der Waals surface area contributed by atoms with Crippen LogP contribution >= 0.6 is 11.6 Å². The Morgan fingerprint density at radius 1 is 1.41 bits per heavy atom. The van der Waals surface area contributed by atoms with Gasteiger partial charge < -0.3 is 4.74 Å². The minimum Gasteiger partial charge on any atom is -0.492 e. The van der Waals surface area contributed by atoms with E-state index in [1.54, 1.807) is 18.2 Å². The largest absolute Gasteiger partial charge is 0.492 e. The summed E-state index contributed by atoms with van der Waals surface area (Å²) in [7, 11) is 0. The number of tetrazole rings is 1. The molecule has 0 atom stereocenters. The van der Waals surface area contributed by atoms with Crippen LogP contribution in [-0.2, 0) is 6.54 Å². The lowest BCUT2D eigenvalue weighted by Crippen LogP contribution is -2.13. The van der Waals surface area contributed by atoms with Gasteiger partial charge in [0.1, 0.15) is 5.75 Å². The molecule has 0 aliphatic carbocycles. The lowest BCUT2D eigenvalue weighted by Gasteiger charge is -2.07. The molecule has 0 aliphatic heterocycles. The van der Waals surface area contributed by atoms with Crippen molar-refractivity contribution in [2.75, 3.05) is 11.9 Å². The molecule has 118 valence electrons. The first-order valence-electron chi connectivity index (χ1n) is 7.15. The lowest BCUT2D eigenvalue weighted by atomic mass is 10.2. The Hall–Kier alpha value is -2.15. The fourth-order valence-electron chi connectivity index (χ4n) is 1.78. The van der Waals surface area contributed by atoms with Crippen molar-refractivity contribution in [1.29, 1.82) is 0 Å². The van der Waals surface area contributed by atoms with E-state index in [0.717, 1.165) is 12.8 Å². The van der Waals surface area contributed by atoms with Crippen LogP contribution in [0.3, 0.4) is 0 Å². The minimum atomic E-state index is -0.347. The van der Waals surface area contributed by atoms with Crippen LogP contribution in [0.2, 0.25) is 5.02 Å². The number of rotatable bonds is 7. The summed E-state index contributed by atoms with van der Waals surface area (Å²) in [6.07, 6.45) is 1.99. The fraction of sp³-hybridized carbons (Fsp3) is 0.429. The van der Waals surface area contributed by atoms with E-state index >= 15 is 0 Å². The third-order valence-electron chi connectivity index (χ3n) is 2.88. The number of halogens is 1. The van der Waals surface area contributed by atoms with E-state index in [0.29, 0.717) is 29.5 Å². The maximum absolute atomic E-state index is 12.1. The molecule has 1 aromatic carbocycles. The fourth-order valence-corrected chi connectivity index (χ4v) is 2.01. The summed E-state index contributed by atoms with van der Waals surface area (Å²) in [6, 6.07) is 4.84. The molecule has 1 heterocycles. The number of amides is 1. The Labute approximate surface area is 133 Å². The van der Waals surface area contributed by atoms with E-state index in [1.807, 2.05) is 6.92 Å². The number of benzene rings is 1. The van der Waals surface area contributed by atoms with Gasteiger partial charge in [-0.1, -0.05) is 30.0 Å². The highest BCUT2D eigenvalue weighted by molar-refractivity contribution is 6.32. The number of nitrogens with one attached hydrogen (secondary N) is 1. The molecular weight excluding hydrogens is 306 g/mol. The summed E-state index contributed by atoms with van der Waals surface area (Å²) in [5, 5.41) is 14.7. The molecule has 22 heavy (non-hydrogen) atoms. The van der Waals surface area contributed by atoms with Crippen molar-refractivity contribution in [1.82, 2.24) is 20.2 Å². The quantitative estimate of drug-likeness (QED) is 0.847. The smallest absolute Gasteiger partial charge is 0.270 e. The lowest BCUT2D eigenvalue weighted by molar-refractivity contribution is 0.102. The van der Waals surface area contributed by atoms with Crippen LogP contribution in [0, 0.1) is 0 Å².